The number of nitrogen functional groups attached to an aromatic ring is 1. The third kappa shape index (κ3) is 3.79. The molecule has 3 N–H and O–H groups in total. The molecule has 0 spiro atoms. The average molecular weight is 457 g/mol. The summed E-state index contributed by atoms with van der Waals surface area (Å²) in [6.07, 6.45) is 8.09. The van der Waals surface area contributed by atoms with Gasteiger partial charge in [-0.3, -0.25) is 9.58 Å². The molecule has 1 atom stereocenters. The van der Waals surface area contributed by atoms with Crippen LogP contribution in [0.2, 0.25) is 0 Å². The van der Waals surface area contributed by atoms with Crippen molar-refractivity contribution in [2.24, 2.45) is 7.05 Å². The Kier molecular flexibility index (Phi) is 5.38. The molecule has 2 aromatic carbocycles. The van der Waals surface area contributed by atoms with Gasteiger partial charge in [-0.25, -0.2) is 0 Å². The minimum absolute atomic E-state index is 0.233. The lowest BCUT2D eigenvalue weighted by Gasteiger charge is -2.37. The maximum atomic E-state index is 6.48. The molecular weight excluding hydrogens is 420 g/mol. The molecule has 2 aliphatic heterocycles. The van der Waals surface area contributed by atoms with Crippen LogP contribution in [-0.4, -0.2) is 46.4 Å². The second-order valence-corrected chi connectivity index (χ2v) is 10.7. The van der Waals surface area contributed by atoms with Gasteiger partial charge in [0.25, 0.3) is 0 Å². The summed E-state index contributed by atoms with van der Waals surface area (Å²) in [6, 6.07) is 11.6. The lowest BCUT2D eigenvalue weighted by atomic mass is 9.78. The van der Waals surface area contributed by atoms with Crippen LogP contribution in [0.3, 0.4) is 0 Å². The Labute approximate surface area is 202 Å². The van der Waals surface area contributed by atoms with E-state index >= 15 is 0 Å². The summed E-state index contributed by atoms with van der Waals surface area (Å²) in [7, 11) is 6.45. The van der Waals surface area contributed by atoms with Gasteiger partial charge in [-0.1, -0.05) is 12.5 Å². The van der Waals surface area contributed by atoms with E-state index in [0.717, 1.165) is 43.9 Å². The highest BCUT2D eigenvalue weighted by molar-refractivity contribution is 5.78. The third-order valence-electron chi connectivity index (χ3n) is 8.28. The monoisotopic (exact) mass is 456 g/mol. The van der Waals surface area contributed by atoms with E-state index in [-0.39, 0.29) is 6.17 Å². The number of anilines is 2. The van der Waals surface area contributed by atoms with Crippen molar-refractivity contribution in [3.05, 3.63) is 64.3 Å². The molecule has 1 aliphatic carbocycles. The van der Waals surface area contributed by atoms with Crippen LogP contribution in [0.5, 0.6) is 0 Å². The van der Waals surface area contributed by atoms with E-state index in [1.165, 1.54) is 58.3 Å². The summed E-state index contributed by atoms with van der Waals surface area (Å²) in [6.45, 7) is 3.03. The van der Waals surface area contributed by atoms with Crippen molar-refractivity contribution in [1.82, 2.24) is 19.6 Å². The van der Waals surface area contributed by atoms with Crippen LogP contribution in [0.15, 0.2) is 36.5 Å². The molecule has 6 rings (SSSR count). The average Bonchev–Trinajstić information content (AvgIpc) is 3.19. The highest BCUT2D eigenvalue weighted by atomic mass is 15.3. The first kappa shape index (κ1) is 21.7. The molecule has 6 nitrogen and oxygen atoms in total. The quantitative estimate of drug-likeness (QED) is 0.572. The Hall–Kier alpha value is -2.83. The Bertz CT molecular complexity index is 1220. The zero-order chi connectivity index (χ0) is 23.4. The Morgan fingerprint density at radius 1 is 0.971 bits per heavy atom. The molecule has 3 aliphatic rings. The highest BCUT2D eigenvalue weighted by Gasteiger charge is 2.29. The molecule has 0 amide bonds. The molecule has 0 radical (unpaired) electrons. The minimum atomic E-state index is 0.233. The van der Waals surface area contributed by atoms with Crippen molar-refractivity contribution in [2.45, 2.75) is 57.3 Å². The van der Waals surface area contributed by atoms with Gasteiger partial charge in [0.15, 0.2) is 0 Å². The number of hydrogen-bond donors (Lipinski definition) is 2. The molecule has 178 valence electrons. The number of nitrogens with two attached hydrogens (primary N) is 1. The van der Waals surface area contributed by atoms with Gasteiger partial charge in [-0.15, -0.1) is 0 Å². The zero-order valence-corrected chi connectivity index (χ0v) is 20.6. The number of fused-ring (bicyclic) bond motifs is 2. The first-order valence-electron chi connectivity index (χ1n) is 12.7. The minimum Gasteiger partial charge on any atom is -0.398 e. The highest BCUT2D eigenvalue weighted by Crippen LogP contribution is 2.41. The van der Waals surface area contributed by atoms with Crippen molar-refractivity contribution < 1.29 is 0 Å². The van der Waals surface area contributed by atoms with Gasteiger partial charge in [0, 0.05) is 56.2 Å². The van der Waals surface area contributed by atoms with Gasteiger partial charge < -0.3 is 16.0 Å². The van der Waals surface area contributed by atoms with Crippen LogP contribution in [-0.2, 0) is 33.0 Å². The molecule has 34 heavy (non-hydrogen) atoms. The van der Waals surface area contributed by atoms with Gasteiger partial charge in [-0.2, -0.15) is 5.10 Å². The standard InChI is InChI=1S/C28H36N6/c1-32-10-8-19-11-24(27-7-9-30-34(27)3)26(14-22(19)16-32)31-28-15-20-12-23(18-5-4-6-18)25(29)13-21(20)17-33(28)2/h7,9,11-14,18,28,31H,4-6,8,10,15-17,29H2,1-3H3. The van der Waals surface area contributed by atoms with Crippen molar-refractivity contribution >= 4 is 11.4 Å². The smallest absolute Gasteiger partial charge is 0.0835 e. The van der Waals surface area contributed by atoms with Gasteiger partial charge >= 0.3 is 0 Å². The van der Waals surface area contributed by atoms with Crippen molar-refractivity contribution in [3.63, 3.8) is 0 Å². The lowest BCUT2D eigenvalue weighted by Crippen LogP contribution is -2.43. The molecule has 6 heteroatoms. The third-order valence-corrected chi connectivity index (χ3v) is 8.28. The maximum Gasteiger partial charge on any atom is 0.0835 e. The zero-order valence-electron chi connectivity index (χ0n) is 20.6. The molecule has 1 saturated carbocycles. The van der Waals surface area contributed by atoms with Crippen molar-refractivity contribution in [2.75, 3.05) is 31.7 Å². The topological polar surface area (TPSA) is 62.4 Å². The summed E-state index contributed by atoms with van der Waals surface area (Å²) in [4.78, 5) is 4.83. The van der Waals surface area contributed by atoms with E-state index in [1.807, 2.05) is 17.9 Å². The SMILES string of the molecule is CN1CCc2cc(-c3ccnn3C)c(NC3Cc4cc(C5CCC5)c(N)cc4CN3C)cc2C1. The molecule has 3 aromatic rings. The van der Waals surface area contributed by atoms with Crippen LogP contribution in [0.4, 0.5) is 11.4 Å². The Morgan fingerprint density at radius 2 is 1.79 bits per heavy atom. The summed E-state index contributed by atoms with van der Waals surface area (Å²) in [5, 5.41) is 8.40. The Morgan fingerprint density at radius 3 is 2.53 bits per heavy atom. The van der Waals surface area contributed by atoms with Crippen molar-refractivity contribution in [3.8, 4) is 11.3 Å². The number of likely N-dealkylation sites (N-methyl/N-ethyl adjacent to an activating group) is 2. The second-order valence-electron chi connectivity index (χ2n) is 10.7. The molecule has 3 heterocycles. The van der Waals surface area contributed by atoms with Crippen LogP contribution < -0.4 is 11.1 Å². The second kappa shape index (κ2) is 8.43. The lowest BCUT2D eigenvalue weighted by molar-refractivity contribution is 0.238. The summed E-state index contributed by atoms with van der Waals surface area (Å²) < 4.78 is 1.98. The number of benzene rings is 2. The predicted octanol–water partition coefficient (Wildman–Crippen LogP) is 4.35. The van der Waals surface area contributed by atoms with Gasteiger partial charge in [0.05, 0.1) is 11.9 Å². The number of hydrogen-bond acceptors (Lipinski definition) is 5. The normalized spacial score (nSPS) is 21.1. The van der Waals surface area contributed by atoms with Gasteiger partial charge in [0.2, 0.25) is 0 Å². The first-order chi connectivity index (χ1) is 16.5. The van der Waals surface area contributed by atoms with Crippen LogP contribution >= 0.6 is 0 Å². The fourth-order valence-electron chi connectivity index (χ4n) is 5.94. The molecule has 1 fully saturated rings. The fourth-order valence-corrected chi connectivity index (χ4v) is 5.94. The van der Waals surface area contributed by atoms with E-state index in [4.69, 9.17) is 5.73 Å². The maximum absolute atomic E-state index is 6.48. The van der Waals surface area contributed by atoms with Crippen LogP contribution in [0, 0.1) is 0 Å². The fraction of sp³-hybridized carbons (Fsp3) is 0.464. The number of aromatic nitrogens is 2. The van der Waals surface area contributed by atoms with Gasteiger partial charge in [0.1, 0.15) is 0 Å². The number of rotatable bonds is 4. The van der Waals surface area contributed by atoms with Crippen LogP contribution in [0.1, 0.15) is 53.0 Å². The first-order valence-corrected chi connectivity index (χ1v) is 12.7. The number of nitrogens with one attached hydrogen (secondary N) is 1. The van der Waals surface area contributed by atoms with E-state index < -0.39 is 0 Å². The van der Waals surface area contributed by atoms with E-state index in [0.29, 0.717) is 5.92 Å². The van der Waals surface area contributed by atoms with E-state index in [2.05, 4.69) is 64.6 Å². The summed E-state index contributed by atoms with van der Waals surface area (Å²) >= 11 is 0. The number of aryl methyl sites for hydroxylation is 1. The molecule has 0 bridgehead atoms. The largest absolute Gasteiger partial charge is 0.398 e. The molecular formula is C28H36N6. The number of nitrogens with zero attached hydrogens (tertiary/aromatic N) is 4. The van der Waals surface area contributed by atoms with E-state index in [9.17, 15) is 0 Å². The molecule has 0 saturated heterocycles. The summed E-state index contributed by atoms with van der Waals surface area (Å²) in [5.41, 5.74) is 18.2. The molecule has 1 aromatic heterocycles. The molecule has 1 unspecified atom stereocenters. The van der Waals surface area contributed by atoms with Crippen LogP contribution in [0.25, 0.3) is 11.3 Å². The van der Waals surface area contributed by atoms with Crippen molar-refractivity contribution in [1.29, 1.82) is 0 Å². The predicted molar refractivity (Wildman–Crippen MR) is 139 cm³/mol. The summed E-state index contributed by atoms with van der Waals surface area (Å²) in [5.74, 6) is 0.658. The van der Waals surface area contributed by atoms with Gasteiger partial charge in [-0.05, 0) is 91.4 Å². The van der Waals surface area contributed by atoms with E-state index in [1.54, 1.807) is 0 Å². The Balaban J connectivity index is 1.35.